The van der Waals surface area contributed by atoms with Crippen LogP contribution in [0, 0.1) is 0 Å². The van der Waals surface area contributed by atoms with Gasteiger partial charge in [0, 0.05) is 0 Å². The van der Waals surface area contributed by atoms with E-state index >= 15 is 0 Å². The normalized spacial score (nSPS) is 18.0. The number of likely N-dealkylation sites (N-methyl/N-ethyl adjacent to an activating group) is 1. The van der Waals surface area contributed by atoms with Gasteiger partial charge in [0.05, 0.1) is 18.9 Å². The highest BCUT2D eigenvalue weighted by Crippen LogP contribution is 2.19. The lowest BCUT2D eigenvalue weighted by molar-refractivity contribution is -0.145. The van der Waals surface area contributed by atoms with Gasteiger partial charge in [0.2, 0.25) is 0 Å². The molecule has 0 amide bonds. The first-order valence-corrected chi connectivity index (χ1v) is 7.15. The summed E-state index contributed by atoms with van der Waals surface area (Å²) in [7, 11) is 0.477. The largest absolute Gasteiger partial charge is 0.609 e. The summed E-state index contributed by atoms with van der Waals surface area (Å²) >= 11 is 0. The van der Waals surface area contributed by atoms with Crippen LogP contribution in [-0.4, -0.2) is 50.4 Å². The first-order chi connectivity index (χ1) is 10.6. The SMILES string of the molecule is CN1CC(=O)OB(C(C=O)CCc2ccccc2)OC(=O)C1. The van der Waals surface area contributed by atoms with Gasteiger partial charge in [0.15, 0.2) is 0 Å². The van der Waals surface area contributed by atoms with Gasteiger partial charge in [0.25, 0.3) is 0 Å². The number of rotatable bonds is 5. The maximum Gasteiger partial charge on any atom is 0.609 e. The second kappa shape index (κ2) is 7.75. The van der Waals surface area contributed by atoms with E-state index in [2.05, 4.69) is 0 Å². The summed E-state index contributed by atoms with van der Waals surface area (Å²) in [6.07, 6.45) is 1.75. The zero-order valence-corrected chi connectivity index (χ0v) is 12.4. The summed E-state index contributed by atoms with van der Waals surface area (Å²) in [6.45, 7) is -0.00821. The first kappa shape index (κ1) is 16.2. The maximum atomic E-state index is 11.7. The van der Waals surface area contributed by atoms with E-state index in [9.17, 15) is 14.4 Å². The van der Waals surface area contributed by atoms with Crippen molar-refractivity contribution >= 4 is 25.3 Å². The Morgan fingerprint density at radius 1 is 1.18 bits per heavy atom. The van der Waals surface area contributed by atoms with Gasteiger partial charge in [-0.25, -0.2) is 0 Å². The van der Waals surface area contributed by atoms with Crippen LogP contribution in [0.2, 0.25) is 5.82 Å². The standard InChI is InChI=1S/C15H18BNO5/c1-17-9-14(19)21-16(22-15(20)10-17)13(11-18)8-7-12-5-3-2-4-6-12/h2-6,11,13H,7-10H2,1H3. The monoisotopic (exact) mass is 303 g/mol. The highest BCUT2D eigenvalue weighted by molar-refractivity contribution is 6.54. The van der Waals surface area contributed by atoms with Crippen LogP contribution < -0.4 is 0 Å². The van der Waals surface area contributed by atoms with E-state index in [1.165, 1.54) is 4.90 Å². The zero-order chi connectivity index (χ0) is 15.9. The maximum absolute atomic E-state index is 11.7. The first-order valence-electron chi connectivity index (χ1n) is 7.15. The number of hydrogen-bond acceptors (Lipinski definition) is 6. The van der Waals surface area contributed by atoms with E-state index in [0.29, 0.717) is 19.1 Å². The number of hydrogen-bond donors (Lipinski definition) is 0. The van der Waals surface area contributed by atoms with E-state index in [4.69, 9.17) is 9.31 Å². The molecule has 2 rings (SSSR count). The Morgan fingerprint density at radius 3 is 2.32 bits per heavy atom. The molecular weight excluding hydrogens is 285 g/mol. The molecule has 0 saturated carbocycles. The molecule has 1 aromatic carbocycles. The molecule has 1 aliphatic heterocycles. The summed E-state index contributed by atoms with van der Waals surface area (Å²) in [4.78, 5) is 36.2. The average Bonchev–Trinajstić information content (AvgIpc) is 2.47. The van der Waals surface area contributed by atoms with Crippen LogP contribution in [0.3, 0.4) is 0 Å². The fourth-order valence-corrected chi connectivity index (χ4v) is 2.28. The predicted molar refractivity (Wildman–Crippen MR) is 80.0 cm³/mol. The molecule has 0 radical (unpaired) electrons. The van der Waals surface area contributed by atoms with Gasteiger partial charge >= 0.3 is 19.1 Å². The molecule has 0 spiro atoms. The molecule has 0 aliphatic carbocycles. The fraction of sp³-hybridized carbons (Fsp3) is 0.400. The Kier molecular flexibility index (Phi) is 5.71. The molecule has 7 heteroatoms. The summed E-state index contributed by atoms with van der Waals surface area (Å²) < 4.78 is 10.2. The molecule has 1 aromatic rings. The van der Waals surface area contributed by atoms with Gasteiger partial charge in [-0.2, -0.15) is 0 Å². The fourth-order valence-electron chi connectivity index (χ4n) is 2.28. The third-order valence-electron chi connectivity index (χ3n) is 3.43. The van der Waals surface area contributed by atoms with Crippen molar-refractivity contribution in [3.8, 4) is 0 Å². The van der Waals surface area contributed by atoms with Crippen LogP contribution in [0.5, 0.6) is 0 Å². The highest BCUT2D eigenvalue weighted by atomic mass is 16.6. The number of nitrogens with zero attached hydrogens (tertiary/aromatic N) is 1. The molecule has 1 fully saturated rings. The Balaban J connectivity index is 2.00. The van der Waals surface area contributed by atoms with Crippen molar-refractivity contribution in [1.29, 1.82) is 0 Å². The van der Waals surface area contributed by atoms with Crippen molar-refractivity contribution in [2.75, 3.05) is 20.1 Å². The van der Waals surface area contributed by atoms with E-state index in [-0.39, 0.29) is 13.1 Å². The lowest BCUT2D eigenvalue weighted by Crippen LogP contribution is -2.44. The van der Waals surface area contributed by atoms with Crippen molar-refractivity contribution in [2.45, 2.75) is 18.7 Å². The van der Waals surface area contributed by atoms with Crippen LogP contribution >= 0.6 is 0 Å². The van der Waals surface area contributed by atoms with Gasteiger partial charge < -0.3 is 14.1 Å². The highest BCUT2D eigenvalue weighted by Gasteiger charge is 2.39. The van der Waals surface area contributed by atoms with Crippen molar-refractivity contribution < 1.29 is 23.7 Å². The Morgan fingerprint density at radius 2 is 1.77 bits per heavy atom. The minimum Gasteiger partial charge on any atom is -0.498 e. The zero-order valence-electron chi connectivity index (χ0n) is 12.4. The number of carbonyl (C=O) groups is 3. The van der Waals surface area contributed by atoms with Gasteiger partial charge in [-0.05, 0) is 25.5 Å². The molecular formula is C15H18BNO5. The number of benzene rings is 1. The second-order valence-electron chi connectivity index (χ2n) is 5.34. The van der Waals surface area contributed by atoms with Gasteiger partial charge in [-0.15, -0.1) is 0 Å². The minimum absolute atomic E-state index is 0.00410. The predicted octanol–water partition coefficient (Wildman–Crippen LogP) is 0.708. The summed E-state index contributed by atoms with van der Waals surface area (Å²) in [5, 5.41) is 0. The molecule has 0 aromatic heterocycles. The summed E-state index contributed by atoms with van der Waals surface area (Å²) in [6, 6.07) is 9.64. The second-order valence-corrected chi connectivity index (χ2v) is 5.34. The van der Waals surface area contributed by atoms with Crippen LogP contribution in [0.1, 0.15) is 12.0 Å². The molecule has 1 saturated heterocycles. The Hall–Kier alpha value is -2.15. The smallest absolute Gasteiger partial charge is 0.498 e. The van der Waals surface area contributed by atoms with Crippen LogP contribution in [0.25, 0.3) is 0 Å². The van der Waals surface area contributed by atoms with Crippen molar-refractivity contribution in [2.24, 2.45) is 0 Å². The topological polar surface area (TPSA) is 72.9 Å². The van der Waals surface area contributed by atoms with Crippen molar-refractivity contribution in [3.05, 3.63) is 35.9 Å². The molecule has 1 aliphatic rings. The van der Waals surface area contributed by atoms with Crippen molar-refractivity contribution in [1.82, 2.24) is 4.90 Å². The summed E-state index contributed by atoms with van der Waals surface area (Å²) in [5.41, 5.74) is 1.07. The van der Waals surface area contributed by atoms with Gasteiger partial charge in [-0.1, -0.05) is 30.3 Å². The van der Waals surface area contributed by atoms with Crippen molar-refractivity contribution in [3.63, 3.8) is 0 Å². The molecule has 22 heavy (non-hydrogen) atoms. The van der Waals surface area contributed by atoms with E-state index in [0.717, 1.165) is 5.56 Å². The molecule has 1 heterocycles. The molecule has 1 atom stereocenters. The number of carbonyl (C=O) groups excluding carboxylic acids is 3. The van der Waals surface area contributed by atoms with E-state index in [1.54, 1.807) is 7.05 Å². The lowest BCUT2D eigenvalue weighted by Gasteiger charge is -2.24. The quantitative estimate of drug-likeness (QED) is 0.589. The van der Waals surface area contributed by atoms with E-state index in [1.807, 2.05) is 30.3 Å². The van der Waals surface area contributed by atoms with Crippen LogP contribution in [-0.2, 0) is 30.1 Å². The Bertz CT molecular complexity index is 516. The summed E-state index contributed by atoms with van der Waals surface area (Å²) in [5.74, 6) is -1.69. The minimum atomic E-state index is -1.14. The number of aldehydes is 1. The third-order valence-corrected chi connectivity index (χ3v) is 3.43. The average molecular weight is 303 g/mol. The molecule has 0 bridgehead atoms. The third kappa shape index (κ3) is 4.70. The number of aryl methyl sites for hydroxylation is 1. The molecule has 1 unspecified atom stereocenters. The molecule has 116 valence electrons. The lowest BCUT2D eigenvalue weighted by atomic mass is 9.69. The van der Waals surface area contributed by atoms with Crippen LogP contribution in [0.15, 0.2) is 30.3 Å². The molecule has 0 N–H and O–H groups in total. The Labute approximate surface area is 129 Å². The van der Waals surface area contributed by atoms with E-state index < -0.39 is 24.9 Å². The van der Waals surface area contributed by atoms with Crippen LogP contribution in [0.4, 0.5) is 0 Å². The van der Waals surface area contributed by atoms with Gasteiger partial charge in [0.1, 0.15) is 6.29 Å². The van der Waals surface area contributed by atoms with Gasteiger partial charge in [-0.3, -0.25) is 14.5 Å². The molecule has 6 nitrogen and oxygen atoms in total.